The molecule has 0 saturated heterocycles. The van der Waals surface area contributed by atoms with Crippen molar-refractivity contribution in [2.24, 2.45) is 11.8 Å². The maximum absolute atomic E-state index is 5.57. The average Bonchev–Trinajstić information content (AvgIpc) is 2.51. The fourth-order valence-corrected chi connectivity index (χ4v) is 2.21. The summed E-state index contributed by atoms with van der Waals surface area (Å²) in [5.74, 6) is 6.07. The maximum Gasteiger partial charge on any atom is 0.0738 e. The molecule has 1 rings (SSSR count). The molecule has 16 heavy (non-hydrogen) atoms. The van der Waals surface area contributed by atoms with Crippen molar-refractivity contribution in [3.8, 4) is 0 Å². The Hall–Kier alpha value is -0.390. The lowest BCUT2D eigenvalue weighted by Crippen LogP contribution is -2.41. The quantitative estimate of drug-likeness (QED) is 0.644. The second kappa shape index (κ2) is 5.80. The molecular weight excluding hydrogens is 268 g/mol. The van der Waals surface area contributed by atoms with E-state index in [0.717, 1.165) is 23.1 Å². The summed E-state index contributed by atoms with van der Waals surface area (Å²) in [6, 6.07) is 0.276. The number of halogens is 1. The van der Waals surface area contributed by atoms with Gasteiger partial charge in [0.05, 0.1) is 15.9 Å². The van der Waals surface area contributed by atoms with Gasteiger partial charge in [-0.25, -0.2) is 0 Å². The van der Waals surface area contributed by atoms with E-state index in [4.69, 9.17) is 5.84 Å². The molecule has 1 aromatic rings. The van der Waals surface area contributed by atoms with Crippen LogP contribution in [0.15, 0.2) is 4.47 Å². The maximum atomic E-state index is 5.57. The van der Waals surface area contributed by atoms with Gasteiger partial charge in [0.25, 0.3) is 0 Å². The normalized spacial score (nSPS) is 13.4. The van der Waals surface area contributed by atoms with E-state index in [0.29, 0.717) is 5.92 Å². The van der Waals surface area contributed by atoms with Gasteiger partial charge in [-0.1, -0.05) is 13.8 Å². The number of hydrogen-bond acceptors (Lipinski definition) is 3. The number of rotatable bonds is 5. The van der Waals surface area contributed by atoms with Crippen molar-refractivity contribution in [2.75, 3.05) is 0 Å². The molecule has 1 aromatic heterocycles. The Balaban J connectivity index is 2.94. The van der Waals surface area contributed by atoms with E-state index >= 15 is 0 Å². The monoisotopic (exact) mass is 288 g/mol. The minimum Gasteiger partial charge on any atom is -0.271 e. The molecule has 0 bridgehead atoms. The van der Waals surface area contributed by atoms with Crippen molar-refractivity contribution >= 4 is 15.9 Å². The van der Waals surface area contributed by atoms with Gasteiger partial charge in [0, 0.05) is 19.0 Å². The Morgan fingerprint density at radius 1 is 1.50 bits per heavy atom. The second-order valence-electron chi connectivity index (χ2n) is 4.38. The molecule has 4 nitrogen and oxygen atoms in total. The van der Waals surface area contributed by atoms with Gasteiger partial charge in [0.2, 0.25) is 0 Å². The molecular formula is C11H21BrN4. The third-order valence-electron chi connectivity index (χ3n) is 2.88. The fraction of sp³-hybridized carbons (Fsp3) is 0.727. The van der Waals surface area contributed by atoms with Crippen LogP contribution < -0.4 is 11.3 Å². The number of nitrogens with two attached hydrogens (primary N) is 1. The minimum atomic E-state index is 0.276. The smallest absolute Gasteiger partial charge is 0.0738 e. The van der Waals surface area contributed by atoms with Gasteiger partial charge in [0.1, 0.15) is 0 Å². The topological polar surface area (TPSA) is 55.9 Å². The number of nitrogens with one attached hydrogen (secondary N) is 1. The lowest BCUT2D eigenvalue weighted by Gasteiger charge is -2.20. The summed E-state index contributed by atoms with van der Waals surface area (Å²) in [5, 5.41) is 4.48. The summed E-state index contributed by atoms with van der Waals surface area (Å²) in [6.07, 6.45) is 0.892. The summed E-state index contributed by atoms with van der Waals surface area (Å²) < 4.78 is 3.14. The molecule has 0 fully saturated rings. The molecule has 0 aliphatic rings. The highest BCUT2D eigenvalue weighted by Gasteiger charge is 2.18. The van der Waals surface area contributed by atoms with Crippen LogP contribution in [0.25, 0.3) is 0 Å². The van der Waals surface area contributed by atoms with Crippen LogP contribution in [0, 0.1) is 12.8 Å². The highest BCUT2D eigenvalue weighted by molar-refractivity contribution is 9.10. The summed E-state index contributed by atoms with van der Waals surface area (Å²) >= 11 is 3.60. The molecule has 1 atom stereocenters. The Morgan fingerprint density at radius 3 is 2.56 bits per heavy atom. The van der Waals surface area contributed by atoms with Crippen molar-refractivity contribution in [3.05, 3.63) is 15.9 Å². The zero-order chi connectivity index (χ0) is 12.3. The SMILES string of the molecule is CCn1nc(C)c(Br)c1CC(NN)C(C)C. The molecule has 0 aromatic carbocycles. The van der Waals surface area contributed by atoms with E-state index < -0.39 is 0 Å². The molecule has 1 heterocycles. The van der Waals surface area contributed by atoms with Gasteiger partial charge >= 0.3 is 0 Å². The summed E-state index contributed by atoms with van der Waals surface area (Å²) in [7, 11) is 0. The van der Waals surface area contributed by atoms with Crippen LogP contribution in [0.3, 0.4) is 0 Å². The van der Waals surface area contributed by atoms with Gasteiger partial charge in [-0.15, -0.1) is 0 Å². The van der Waals surface area contributed by atoms with Gasteiger partial charge in [0.15, 0.2) is 0 Å². The van der Waals surface area contributed by atoms with E-state index in [2.05, 4.69) is 47.2 Å². The molecule has 1 unspecified atom stereocenters. The predicted octanol–water partition coefficient (Wildman–Crippen LogP) is 2.00. The lowest BCUT2D eigenvalue weighted by molar-refractivity contribution is 0.393. The van der Waals surface area contributed by atoms with E-state index in [-0.39, 0.29) is 6.04 Å². The van der Waals surface area contributed by atoms with Gasteiger partial charge in [-0.2, -0.15) is 5.10 Å². The van der Waals surface area contributed by atoms with E-state index in [1.165, 1.54) is 5.69 Å². The van der Waals surface area contributed by atoms with Crippen LogP contribution in [0.1, 0.15) is 32.2 Å². The minimum absolute atomic E-state index is 0.276. The van der Waals surface area contributed by atoms with Crippen LogP contribution in [-0.4, -0.2) is 15.8 Å². The predicted molar refractivity (Wildman–Crippen MR) is 70.0 cm³/mol. The van der Waals surface area contributed by atoms with Gasteiger partial charge < -0.3 is 0 Å². The van der Waals surface area contributed by atoms with Crippen LogP contribution >= 0.6 is 15.9 Å². The first-order valence-corrected chi connectivity index (χ1v) is 6.48. The molecule has 0 amide bonds. The third kappa shape index (κ3) is 2.84. The molecule has 0 radical (unpaired) electrons. The largest absolute Gasteiger partial charge is 0.271 e. The Morgan fingerprint density at radius 2 is 2.12 bits per heavy atom. The molecule has 0 saturated carbocycles. The van der Waals surface area contributed by atoms with Crippen molar-refractivity contribution < 1.29 is 0 Å². The first-order chi connectivity index (χ1) is 7.51. The van der Waals surface area contributed by atoms with Gasteiger partial charge in [-0.05, 0) is 35.7 Å². The van der Waals surface area contributed by atoms with Crippen molar-refractivity contribution in [1.82, 2.24) is 15.2 Å². The van der Waals surface area contributed by atoms with E-state index in [1.54, 1.807) is 0 Å². The number of nitrogens with zero attached hydrogens (tertiary/aromatic N) is 2. The highest BCUT2D eigenvalue weighted by Crippen LogP contribution is 2.23. The first kappa shape index (κ1) is 13.7. The summed E-state index contributed by atoms with van der Waals surface area (Å²) in [6.45, 7) is 9.33. The third-order valence-corrected chi connectivity index (χ3v) is 3.92. The van der Waals surface area contributed by atoms with Crippen molar-refractivity contribution in [1.29, 1.82) is 0 Å². The number of aromatic nitrogens is 2. The average molecular weight is 289 g/mol. The first-order valence-electron chi connectivity index (χ1n) is 5.69. The summed E-state index contributed by atoms with van der Waals surface area (Å²) in [4.78, 5) is 0. The van der Waals surface area contributed by atoms with Crippen molar-refractivity contribution in [2.45, 2.75) is 46.7 Å². The van der Waals surface area contributed by atoms with Crippen LogP contribution in [-0.2, 0) is 13.0 Å². The van der Waals surface area contributed by atoms with Crippen molar-refractivity contribution in [3.63, 3.8) is 0 Å². The Kier molecular flexibility index (Phi) is 4.95. The summed E-state index contributed by atoms with van der Waals surface area (Å²) in [5.41, 5.74) is 5.13. The van der Waals surface area contributed by atoms with Crippen LogP contribution in [0.2, 0.25) is 0 Å². The Labute approximate surface area is 106 Å². The lowest BCUT2D eigenvalue weighted by atomic mass is 10.00. The molecule has 92 valence electrons. The number of hydrazine groups is 1. The second-order valence-corrected chi connectivity index (χ2v) is 5.18. The zero-order valence-corrected chi connectivity index (χ0v) is 12.0. The van der Waals surface area contributed by atoms with Crippen LogP contribution in [0.4, 0.5) is 0 Å². The van der Waals surface area contributed by atoms with Gasteiger partial charge in [-0.3, -0.25) is 16.0 Å². The van der Waals surface area contributed by atoms with E-state index in [9.17, 15) is 0 Å². The number of hydrogen-bond donors (Lipinski definition) is 2. The molecule has 3 N–H and O–H groups in total. The molecule has 0 aliphatic heterocycles. The molecule has 0 spiro atoms. The Bertz CT molecular complexity index is 346. The molecule has 0 aliphatic carbocycles. The standard InChI is InChI=1S/C11H21BrN4/c1-5-16-10(11(12)8(4)15-16)6-9(14-13)7(2)3/h7,9,14H,5-6,13H2,1-4H3. The highest BCUT2D eigenvalue weighted by atomic mass is 79.9. The van der Waals surface area contributed by atoms with E-state index in [1.807, 2.05) is 11.6 Å². The van der Waals surface area contributed by atoms with Crippen LogP contribution in [0.5, 0.6) is 0 Å². The fourth-order valence-electron chi connectivity index (χ4n) is 1.76. The molecule has 5 heteroatoms. The zero-order valence-electron chi connectivity index (χ0n) is 10.4. The number of aryl methyl sites for hydroxylation is 2.